The van der Waals surface area contributed by atoms with Gasteiger partial charge < -0.3 is 4.74 Å². The number of benzene rings is 1. The average Bonchev–Trinajstić information content (AvgIpc) is 2.25. The first-order valence-electron chi connectivity index (χ1n) is 4.25. The molecular weight excluding hydrogens is 176 g/mol. The molecule has 14 heavy (non-hydrogen) atoms. The average molecular weight is 188 g/mol. The fourth-order valence-corrected chi connectivity index (χ4v) is 0.927. The lowest BCUT2D eigenvalue weighted by atomic mass is 10.2. The minimum Gasteiger partial charge on any atom is -0.445 e. The molecule has 72 valence electrons. The van der Waals surface area contributed by atoms with Crippen LogP contribution in [0.2, 0.25) is 0 Å². The predicted octanol–water partition coefficient (Wildman–Crippen LogP) is 2.60. The molecule has 0 aliphatic carbocycles. The number of nitrogens with zero attached hydrogens (tertiary/aromatic N) is 2. The van der Waals surface area contributed by atoms with E-state index in [9.17, 15) is 0 Å². The summed E-state index contributed by atoms with van der Waals surface area (Å²) in [5.74, 6) is 0.443. The SMILES string of the molecule is C=N/N=C(\O/C=C/C)c1ccccc1. The minimum atomic E-state index is 0.443. The molecule has 0 aromatic heterocycles. The summed E-state index contributed by atoms with van der Waals surface area (Å²) in [6.07, 6.45) is 3.33. The van der Waals surface area contributed by atoms with Gasteiger partial charge in [0.1, 0.15) is 0 Å². The van der Waals surface area contributed by atoms with E-state index in [4.69, 9.17) is 4.74 Å². The van der Waals surface area contributed by atoms with E-state index >= 15 is 0 Å². The summed E-state index contributed by atoms with van der Waals surface area (Å²) in [5, 5.41) is 7.23. The van der Waals surface area contributed by atoms with Crippen molar-refractivity contribution in [2.45, 2.75) is 6.92 Å². The summed E-state index contributed by atoms with van der Waals surface area (Å²) in [5.41, 5.74) is 0.873. The van der Waals surface area contributed by atoms with Gasteiger partial charge in [0.15, 0.2) is 0 Å². The van der Waals surface area contributed by atoms with Gasteiger partial charge in [-0.15, -0.1) is 5.10 Å². The smallest absolute Gasteiger partial charge is 0.245 e. The Morgan fingerprint density at radius 3 is 2.64 bits per heavy atom. The highest BCUT2D eigenvalue weighted by atomic mass is 16.5. The quantitative estimate of drug-likeness (QED) is 0.310. The molecule has 0 radical (unpaired) electrons. The van der Waals surface area contributed by atoms with Crippen LogP contribution in [0.1, 0.15) is 12.5 Å². The first kappa shape index (κ1) is 10.2. The molecule has 0 aliphatic heterocycles. The maximum Gasteiger partial charge on any atom is 0.245 e. The zero-order valence-electron chi connectivity index (χ0n) is 8.05. The van der Waals surface area contributed by atoms with Gasteiger partial charge >= 0.3 is 0 Å². The van der Waals surface area contributed by atoms with Crippen molar-refractivity contribution in [3.05, 3.63) is 48.2 Å². The molecule has 3 nitrogen and oxygen atoms in total. The van der Waals surface area contributed by atoms with Crippen molar-refractivity contribution in [1.82, 2.24) is 0 Å². The van der Waals surface area contributed by atoms with Crippen molar-refractivity contribution in [2.24, 2.45) is 10.2 Å². The Morgan fingerprint density at radius 2 is 2.07 bits per heavy atom. The van der Waals surface area contributed by atoms with E-state index in [0.29, 0.717) is 5.90 Å². The van der Waals surface area contributed by atoms with Crippen LogP contribution in [0.15, 0.2) is 52.9 Å². The molecule has 0 amide bonds. The van der Waals surface area contributed by atoms with Gasteiger partial charge in [0.05, 0.1) is 6.26 Å². The van der Waals surface area contributed by atoms with Crippen LogP contribution in [0.5, 0.6) is 0 Å². The highest BCUT2D eigenvalue weighted by molar-refractivity contribution is 5.94. The highest BCUT2D eigenvalue weighted by Gasteiger charge is 2.01. The van der Waals surface area contributed by atoms with Crippen molar-refractivity contribution in [3.8, 4) is 0 Å². The second-order valence-corrected chi connectivity index (χ2v) is 2.50. The lowest BCUT2D eigenvalue weighted by molar-refractivity contribution is 0.470. The van der Waals surface area contributed by atoms with E-state index in [2.05, 4.69) is 16.9 Å². The van der Waals surface area contributed by atoms with Crippen LogP contribution in [0.3, 0.4) is 0 Å². The summed E-state index contributed by atoms with van der Waals surface area (Å²) in [6, 6.07) is 9.54. The predicted molar refractivity (Wildman–Crippen MR) is 58.4 cm³/mol. The fourth-order valence-electron chi connectivity index (χ4n) is 0.927. The molecule has 0 N–H and O–H groups in total. The third kappa shape index (κ3) is 2.86. The van der Waals surface area contributed by atoms with Crippen LogP contribution in [-0.4, -0.2) is 12.6 Å². The summed E-state index contributed by atoms with van der Waals surface area (Å²) in [6.45, 7) is 5.16. The number of rotatable bonds is 3. The molecule has 0 aliphatic rings. The highest BCUT2D eigenvalue weighted by Crippen LogP contribution is 2.03. The van der Waals surface area contributed by atoms with E-state index in [0.717, 1.165) is 5.56 Å². The van der Waals surface area contributed by atoms with Gasteiger partial charge in [-0.3, -0.25) is 0 Å². The van der Waals surface area contributed by atoms with Gasteiger partial charge in [-0.05, 0) is 19.1 Å². The van der Waals surface area contributed by atoms with Crippen molar-refractivity contribution in [2.75, 3.05) is 0 Å². The van der Waals surface area contributed by atoms with Crippen molar-refractivity contribution in [3.63, 3.8) is 0 Å². The summed E-state index contributed by atoms with van der Waals surface area (Å²) in [4.78, 5) is 0. The van der Waals surface area contributed by atoms with Crippen molar-refractivity contribution < 1.29 is 4.74 Å². The lowest BCUT2D eigenvalue weighted by Crippen LogP contribution is -2.01. The zero-order valence-corrected chi connectivity index (χ0v) is 8.05. The third-order valence-corrected chi connectivity index (χ3v) is 1.50. The topological polar surface area (TPSA) is 34.0 Å². The third-order valence-electron chi connectivity index (χ3n) is 1.50. The molecule has 0 unspecified atom stereocenters. The van der Waals surface area contributed by atoms with Crippen LogP contribution in [0.4, 0.5) is 0 Å². The maximum atomic E-state index is 5.25. The van der Waals surface area contributed by atoms with E-state index in [-0.39, 0.29) is 0 Å². The molecule has 1 aromatic rings. The van der Waals surface area contributed by atoms with E-state index in [1.54, 1.807) is 12.3 Å². The molecule has 1 rings (SSSR count). The standard InChI is InChI=1S/C11H12N2O/c1-3-9-14-11(13-12-2)10-7-5-4-6-8-10/h3-9H,2H2,1H3/b9-3+,13-11-. The molecule has 1 aromatic carbocycles. The largest absolute Gasteiger partial charge is 0.445 e. The minimum absolute atomic E-state index is 0.443. The number of hydrogen-bond acceptors (Lipinski definition) is 3. The Hall–Kier alpha value is -1.90. The van der Waals surface area contributed by atoms with Gasteiger partial charge in [-0.1, -0.05) is 24.3 Å². The summed E-state index contributed by atoms with van der Waals surface area (Å²) < 4.78 is 5.25. The van der Waals surface area contributed by atoms with Gasteiger partial charge in [-0.2, -0.15) is 5.10 Å². The fraction of sp³-hybridized carbons (Fsp3) is 0.0909. The normalized spacial score (nSPS) is 11.6. The number of hydrogen-bond donors (Lipinski definition) is 0. The Labute approximate surface area is 83.4 Å². The first-order chi connectivity index (χ1) is 6.88. The van der Waals surface area contributed by atoms with Crippen molar-refractivity contribution >= 4 is 12.6 Å². The van der Waals surface area contributed by atoms with Crippen LogP contribution in [0.25, 0.3) is 0 Å². The monoisotopic (exact) mass is 188 g/mol. The van der Waals surface area contributed by atoms with Crippen LogP contribution in [-0.2, 0) is 4.74 Å². The molecule has 0 fully saturated rings. The Kier molecular flexibility index (Phi) is 4.14. The van der Waals surface area contributed by atoms with Gasteiger partial charge in [0, 0.05) is 12.3 Å². The molecule has 0 atom stereocenters. The Balaban J connectivity index is 2.89. The molecule has 0 saturated heterocycles. The molecule has 0 saturated carbocycles. The van der Waals surface area contributed by atoms with Crippen LogP contribution >= 0.6 is 0 Å². The number of allylic oxidation sites excluding steroid dienone is 1. The van der Waals surface area contributed by atoms with E-state index in [1.807, 2.05) is 37.3 Å². The van der Waals surface area contributed by atoms with Gasteiger partial charge in [-0.25, -0.2) is 0 Å². The second-order valence-electron chi connectivity index (χ2n) is 2.50. The van der Waals surface area contributed by atoms with Gasteiger partial charge in [0.2, 0.25) is 5.90 Å². The molecule has 0 spiro atoms. The molecule has 0 bridgehead atoms. The van der Waals surface area contributed by atoms with E-state index < -0.39 is 0 Å². The Bertz CT molecular complexity index is 342. The Morgan fingerprint density at radius 1 is 1.36 bits per heavy atom. The van der Waals surface area contributed by atoms with Crippen molar-refractivity contribution in [1.29, 1.82) is 0 Å². The molecule has 3 heteroatoms. The second kappa shape index (κ2) is 5.70. The number of ether oxygens (including phenoxy) is 1. The summed E-state index contributed by atoms with van der Waals surface area (Å²) >= 11 is 0. The van der Waals surface area contributed by atoms with Crippen LogP contribution in [0, 0.1) is 0 Å². The maximum absolute atomic E-state index is 5.25. The van der Waals surface area contributed by atoms with Crippen LogP contribution < -0.4 is 0 Å². The van der Waals surface area contributed by atoms with Gasteiger partial charge in [0.25, 0.3) is 0 Å². The zero-order chi connectivity index (χ0) is 10.2. The lowest BCUT2D eigenvalue weighted by Gasteiger charge is -2.02. The first-order valence-corrected chi connectivity index (χ1v) is 4.25. The van der Waals surface area contributed by atoms with E-state index in [1.165, 1.54) is 0 Å². The summed E-state index contributed by atoms with van der Waals surface area (Å²) in [7, 11) is 0. The molecule has 0 heterocycles. The molecular formula is C11H12N2O.